The van der Waals surface area contributed by atoms with Crippen LogP contribution in [0.4, 0.5) is 5.69 Å². The van der Waals surface area contributed by atoms with Gasteiger partial charge in [0.05, 0.1) is 0 Å². The van der Waals surface area contributed by atoms with E-state index in [0.717, 1.165) is 0 Å². The van der Waals surface area contributed by atoms with E-state index < -0.39 is 0 Å². The third-order valence-electron chi connectivity index (χ3n) is 3.16. The van der Waals surface area contributed by atoms with Crippen molar-refractivity contribution in [3.63, 3.8) is 0 Å². The van der Waals surface area contributed by atoms with Crippen LogP contribution >= 0.6 is 0 Å². The number of carbonyl (C=O) groups is 2. The molecule has 0 heterocycles. The minimum atomic E-state index is -0.106. The first kappa shape index (κ1) is 15.4. The van der Waals surface area contributed by atoms with E-state index in [1.54, 1.807) is 24.3 Å². The van der Waals surface area contributed by atoms with Gasteiger partial charge >= 0.3 is 0 Å². The number of rotatable bonds is 6. The molecule has 0 spiro atoms. The summed E-state index contributed by atoms with van der Waals surface area (Å²) in [5.74, 6) is 0.0742. The quantitative estimate of drug-likeness (QED) is 0.773. The molecule has 1 aromatic rings. The number of nitrogens with one attached hydrogen (secondary N) is 1. The van der Waals surface area contributed by atoms with Gasteiger partial charge in [-0.15, -0.1) is 0 Å². The zero-order valence-electron chi connectivity index (χ0n) is 11.8. The summed E-state index contributed by atoms with van der Waals surface area (Å²) < 4.78 is 0. The van der Waals surface area contributed by atoms with Gasteiger partial charge in [0, 0.05) is 17.2 Å². The van der Waals surface area contributed by atoms with Crippen LogP contribution in [0.3, 0.4) is 0 Å². The Labute approximate surface area is 114 Å². The van der Waals surface area contributed by atoms with Crippen molar-refractivity contribution in [2.24, 2.45) is 17.6 Å². The molecular formula is C15H22N2O2. The second kappa shape index (κ2) is 7.04. The first-order valence-corrected chi connectivity index (χ1v) is 6.57. The monoisotopic (exact) mass is 262 g/mol. The van der Waals surface area contributed by atoms with E-state index in [1.165, 1.54) is 6.92 Å². The highest BCUT2D eigenvalue weighted by Gasteiger charge is 2.21. The van der Waals surface area contributed by atoms with Crippen LogP contribution in [0.25, 0.3) is 0 Å². The van der Waals surface area contributed by atoms with Crippen molar-refractivity contribution in [2.45, 2.75) is 27.2 Å². The van der Waals surface area contributed by atoms with Crippen LogP contribution in [-0.4, -0.2) is 18.2 Å². The molecule has 0 saturated heterocycles. The Morgan fingerprint density at radius 1 is 1.32 bits per heavy atom. The van der Waals surface area contributed by atoms with E-state index in [9.17, 15) is 9.59 Å². The van der Waals surface area contributed by atoms with Gasteiger partial charge in [0.2, 0.25) is 5.91 Å². The molecule has 0 aliphatic carbocycles. The van der Waals surface area contributed by atoms with Crippen LogP contribution in [0.5, 0.6) is 0 Å². The summed E-state index contributed by atoms with van der Waals surface area (Å²) in [6.07, 6.45) is 0.663. The number of hydrogen-bond acceptors (Lipinski definition) is 3. The van der Waals surface area contributed by atoms with E-state index in [-0.39, 0.29) is 23.5 Å². The van der Waals surface area contributed by atoms with E-state index in [0.29, 0.717) is 24.2 Å². The molecule has 1 rings (SSSR count). The van der Waals surface area contributed by atoms with E-state index >= 15 is 0 Å². The highest BCUT2D eigenvalue weighted by Crippen LogP contribution is 2.18. The van der Waals surface area contributed by atoms with Crippen LogP contribution in [0.1, 0.15) is 37.6 Å². The van der Waals surface area contributed by atoms with Crippen LogP contribution < -0.4 is 11.1 Å². The third kappa shape index (κ3) is 4.48. The minimum Gasteiger partial charge on any atom is -0.330 e. The molecule has 4 heteroatoms. The van der Waals surface area contributed by atoms with Crippen molar-refractivity contribution in [1.29, 1.82) is 0 Å². The van der Waals surface area contributed by atoms with Gasteiger partial charge in [-0.25, -0.2) is 0 Å². The number of hydrogen-bond donors (Lipinski definition) is 2. The van der Waals surface area contributed by atoms with Crippen molar-refractivity contribution in [3.05, 3.63) is 29.8 Å². The van der Waals surface area contributed by atoms with Crippen molar-refractivity contribution in [3.8, 4) is 0 Å². The summed E-state index contributed by atoms with van der Waals surface area (Å²) in [6, 6.07) is 6.97. The molecule has 4 nitrogen and oxygen atoms in total. The zero-order valence-corrected chi connectivity index (χ0v) is 11.8. The Bertz CT molecular complexity index is 455. The maximum atomic E-state index is 12.2. The summed E-state index contributed by atoms with van der Waals surface area (Å²) in [6.45, 7) is 6.01. The van der Waals surface area contributed by atoms with Crippen LogP contribution in [0, 0.1) is 11.8 Å². The predicted octanol–water partition coefficient (Wildman–Crippen LogP) is 2.45. The molecule has 1 amide bonds. The maximum Gasteiger partial charge on any atom is 0.227 e. The third-order valence-corrected chi connectivity index (χ3v) is 3.16. The zero-order chi connectivity index (χ0) is 14.4. The average Bonchev–Trinajstić information content (AvgIpc) is 2.35. The molecule has 1 atom stereocenters. The van der Waals surface area contributed by atoms with Crippen molar-refractivity contribution in [1.82, 2.24) is 0 Å². The molecule has 0 aliphatic rings. The van der Waals surface area contributed by atoms with Crippen LogP contribution in [0.2, 0.25) is 0 Å². The van der Waals surface area contributed by atoms with E-state index in [1.807, 2.05) is 13.8 Å². The fraction of sp³-hybridized carbons (Fsp3) is 0.467. The molecule has 104 valence electrons. The van der Waals surface area contributed by atoms with Crippen LogP contribution in [0.15, 0.2) is 24.3 Å². The molecular weight excluding hydrogens is 240 g/mol. The summed E-state index contributed by atoms with van der Waals surface area (Å²) in [4.78, 5) is 23.5. The van der Waals surface area contributed by atoms with Crippen molar-refractivity contribution < 1.29 is 9.59 Å². The molecule has 1 aromatic carbocycles. The van der Waals surface area contributed by atoms with Gasteiger partial charge in [-0.2, -0.15) is 0 Å². The lowest BCUT2D eigenvalue weighted by Crippen LogP contribution is -2.29. The Morgan fingerprint density at radius 3 is 2.53 bits per heavy atom. The van der Waals surface area contributed by atoms with Gasteiger partial charge < -0.3 is 11.1 Å². The highest BCUT2D eigenvalue weighted by atomic mass is 16.2. The lowest BCUT2D eigenvalue weighted by molar-refractivity contribution is -0.121. The summed E-state index contributed by atoms with van der Waals surface area (Å²) in [5.41, 5.74) is 6.79. The SMILES string of the molecule is CC(=O)c1cccc(NC(=O)C(CCN)C(C)C)c1. The summed E-state index contributed by atoms with van der Waals surface area (Å²) in [5, 5.41) is 2.86. The fourth-order valence-electron chi connectivity index (χ4n) is 2.00. The first-order valence-electron chi connectivity index (χ1n) is 6.57. The normalized spacial score (nSPS) is 12.3. The topological polar surface area (TPSA) is 72.2 Å². The minimum absolute atomic E-state index is 0.0153. The fourth-order valence-corrected chi connectivity index (χ4v) is 2.00. The Morgan fingerprint density at radius 2 is 2.00 bits per heavy atom. The molecule has 0 bridgehead atoms. The molecule has 0 aliphatic heterocycles. The second-order valence-electron chi connectivity index (χ2n) is 5.05. The standard InChI is InChI=1S/C15H22N2O2/c1-10(2)14(7-8-16)15(19)17-13-6-4-5-12(9-13)11(3)18/h4-6,9-10,14H,7-8,16H2,1-3H3,(H,17,19). The number of carbonyl (C=O) groups excluding carboxylic acids is 2. The molecule has 0 radical (unpaired) electrons. The lowest BCUT2D eigenvalue weighted by Gasteiger charge is -2.19. The molecule has 3 N–H and O–H groups in total. The molecule has 0 fully saturated rings. The number of Topliss-reactive ketones (excluding diaryl/α,β-unsaturated/α-hetero) is 1. The first-order chi connectivity index (χ1) is 8.95. The predicted molar refractivity (Wildman–Crippen MR) is 77.1 cm³/mol. The van der Waals surface area contributed by atoms with Gasteiger partial charge in [-0.05, 0) is 37.9 Å². The molecule has 0 aromatic heterocycles. The highest BCUT2D eigenvalue weighted by molar-refractivity contribution is 5.97. The van der Waals surface area contributed by atoms with Crippen LogP contribution in [-0.2, 0) is 4.79 Å². The van der Waals surface area contributed by atoms with Gasteiger partial charge in [-0.1, -0.05) is 26.0 Å². The Hall–Kier alpha value is -1.68. The molecule has 0 saturated carbocycles. The number of benzene rings is 1. The number of nitrogens with two attached hydrogens (primary N) is 1. The molecule has 19 heavy (non-hydrogen) atoms. The van der Waals surface area contributed by atoms with Gasteiger partial charge in [0.15, 0.2) is 5.78 Å². The van der Waals surface area contributed by atoms with Crippen molar-refractivity contribution >= 4 is 17.4 Å². The van der Waals surface area contributed by atoms with Gasteiger partial charge in [0.1, 0.15) is 0 Å². The van der Waals surface area contributed by atoms with E-state index in [4.69, 9.17) is 5.73 Å². The average molecular weight is 262 g/mol. The lowest BCUT2D eigenvalue weighted by atomic mass is 9.91. The largest absolute Gasteiger partial charge is 0.330 e. The Kier molecular flexibility index (Phi) is 5.70. The Balaban J connectivity index is 2.80. The second-order valence-corrected chi connectivity index (χ2v) is 5.05. The smallest absolute Gasteiger partial charge is 0.227 e. The summed E-state index contributed by atoms with van der Waals surface area (Å²) in [7, 11) is 0. The summed E-state index contributed by atoms with van der Waals surface area (Å²) >= 11 is 0. The maximum absolute atomic E-state index is 12.2. The van der Waals surface area contributed by atoms with Gasteiger partial charge in [-0.3, -0.25) is 9.59 Å². The van der Waals surface area contributed by atoms with E-state index in [2.05, 4.69) is 5.32 Å². The number of ketones is 1. The number of anilines is 1. The van der Waals surface area contributed by atoms with Crippen molar-refractivity contribution in [2.75, 3.05) is 11.9 Å². The number of amides is 1. The van der Waals surface area contributed by atoms with Gasteiger partial charge in [0.25, 0.3) is 0 Å². The molecule has 1 unspecified atom stereocenters.